The highest BCUT2D eigenvalue weighted by Crippen LogP contribution is 2.36. The van der Waals surface area contributed by atoms with Crippen molar-refractivity contribution in [2.75, 3.05) is 23.5 Å². The summed E-state index contributed by atoms with van der Waals surface area (Å²) in [6, 6.07) is 16.8. The van der Waals surface area contributed by atoms with Crippen LogP contribution in [0.15, 0.2) is 85.6 Å². The molecule has 0 bridgehead atoms. The average Bonchev–Trinajstić information content (AvgIpc) is 2.93. The van der Waals surface area contributed by atoms with E-state index < -0.39 is 0 Å². The Kier molecular flexibility index (Phi) is 6.02. The summed E-state index contributed by atoms with van der Waals surface area (Å²) >= 11 is 0. The zero-order valence-corrected chi connectivity index (χ0v) is 14.9. The Hall–Kier alpha value is -2.74. The fraction of sp³-hybridized carbons (Fsp3) is 0.182. The molecule has 0 fully saturated rings. The summed E-state index contributed by atoms with van der Waals surface area (Å²) < 4.78 is 0. The van der Waals surface area contributed by atoms with Gasteiger partial charge in [-0.3, -0.25) is 0 Å². The van der Waals surface area contributed by atoms with Gasteiger partial charge in [-0.25, -0.2) is 0 Å². The van der Waals surface area contributed by atoms with Crippen molar-refractivity contribution >= 4 is 11.4 Å². The van der Waals surface area contributed by atoms with E-state index in [1.54, 1.807) is 6.08 Å². The van der Waals surface area contributed by atoms with E-state index in [0.29, 0.717) is 0 Å². The predicted molar refractivity (Wildman–Crippen MR) is 107 cm³/mol. The van der Waals surface area contributed by atoms with Gasteiger partial charge in [-0.1, -0.05) is 66.8 Å². The van der Waals surface area contributed by atoms with Gasteiger partial charge in [0.25, 0.3) is 0 Å². The summed E-state index contributed by atoms with van der Waals surface area (Å²) in [6.45, 7) is 12.6. The number of nitrogens with zero attached hydrogens (tertiary/aromatic N) is 2. The molecule has 1 heterocycles. The largest absolute Gasteiger partial charge is 0.355 e. The van der Waals surface area contributed by atoms with Gasteiger partial charge in [0.1, 0.15) is 0 Å². The Morgan fingerprint density at radius 3 is 1.96 bits per heavy atom. The molecular weight excluding hydrogens is 292 g/mol. The first-order valence-corrected chi connectivity index (χ1v) is 8.13. The minimum atomic E-state index is 0.852. The van der Waals surface area contributed by atoms with Crippen LogP contribution >= 0.6 is 0 Å². The topological polar surface area (TPSA) is 6.48 Å². The molecule has 124 valence electrons. The van der Waals surface area contributed by atoms with Crippen LogP contribution in [0.3, 0.4) is 0 Å². The van der Waals surface area contributed by atoms with Crippen molar-refractivity contribution in [1.82, 2.24) is 0 Å². The third-order valence-electron chi connectivity index (χ3n) is 3.96. The maximum absolute atomic E-state index is 3.85. The minimum Gasteiger partial charge on any atom is -0.355 e. The van der Waals surface area contributed by atoms with Gasteiger partial charge in [0, 0.05) is 12.7 Å². The lowest BCUT2D eigenvalue weighted by Crippen LogP contribution is -2.26. The first kappa shape index (κ1) is 17.6. The zero-order chi connectivity index (χ0) is 17.5. The Bertz CT molecular complexity index is 705. The van der Waals surface area contributed by atoms with Crippen molar-refractivity contribution < 1.29 is 0 Å². The van der Waals surface area contributed by atoms with E-state index in [4.69, 9.17) is 0 Å². The summed E-state index contributed by atoms with van der Waals surface area (Å²) in [7, 11) is 2.09. The molecule has 0 aliphatic carbocycles. The fourth-order valence-electron chi connectivity index (χ4n) is 2.63. The highest BCUT2D eigenvalue weighted by atomic mass is 15.4. The third kappa shape index (κ3) is 4.17. The summed E-state index contributed by atoms with van der Waals surface area (Å²) in [6.07, 6.45) is 5.62. The van der Waals surface area contributed by atoms with E-state index in [2.05, 4.69) is 92.4 Å². The maximum atomic E-state index is 3.85. The number of allylic oxidation sites excluding steroid dienone is 3. The van der Waals surface area contributed by atoms with E-state index in [-0.39, 0.29) is 0 Å². The van der Waals surface area contributed by atoms with Gasteiger partial charge in [-0.05, 0) is 38.1 Å². The number of aryl methyl sites for hydroxylation is 2. The van der Waals surface area contributed by atoms with Crippen molar-refractivity contribution in [3.63, 3.8) is 0 Å². The molecule has 0 amide bonds. The third-order valence-corrected chi connectivity index (χ3v) is 3.96. The minimum absolute atomic E-state index is 0.852. The van der Waals surface area contributed by atoms with Crippen LogP contribution in [0.25, 0.3) is 0 Å². The standard InChI is InChI=1S/C14H16N2.C8H10/c1-4-8-12(5-2)16-11-15(3)13-9-6-7-10-14(13)16;1-7-3-5-8(2)6-4-7/h4-10H,1-2,11H2,3H3;3-6H,1-2H3/b12-8+;. The quantitative estimate of drug-likeness (QED) is 0.693. The molecule has 0 radical (unpaired) electrons. The summed E-state index contributed by atoms with van der Waals surface area (Å²) in [5.74, 6) is 0. The number of hydrogen-bond donors (Lipinski definition) is 0. The lowest BCUT2D eigenvalue weighted by Gasteiger charge is -2.20. The van der Waals surface area contributed by atoms with Crippen molar-refractivity contribution in [2.45, 2.75) is 13.8 Å². The van der Waals surface area contributed by atoms with Crippen LogP contribution in [0.1, 0.15) is 11.1 Å². The molecule has 2 nitrogen and oxygen atoms in total. The normalized spacial score (nSPS) is 13.0. The molecule has 2 heteroatoms. The predicted octanol–water partition coefficient (Wildman–Crippen LogP) is 5.46. The second kappa shape index (κ2) is 8.21. The van der Waals surface area contributed by atoms with E-state index in [1.807, 2.05) is 12.2 Å². The SMILES string of the molecule is C=C/C=C(\C=C)N1CN(C)c2ccccc21.Cc1ccc(C)cc1. The van der Waals surface area contributed by atoms with Crippen molar-refractivity contribution in [3.05, 3.63) is 96.7 Å². The van der Waals surface area contributed by atoms with E-state index in [9.17, 15) is 0 Å². The molecule has 0 saturated heterocycles. The second-order valence-electron chi connectivity index (χ2n) is 5.94. The summed E-state index contributed by atoms with van der Waals surface area (Å²) in [5.41, 5.74) is 6.20. The van der Waals surface area contributed by atoms with Gasteiger partial charge >= 0.3 is 0 Å². The summed E-state index contributed by atoms with van der Waals surface area (Å²) in [5, 5.41) is 0. The molecule has 3 rings (SSSR count). The monoisotopic (exact) mass is 318 g/mol. The molecule has 0 saturated carbocycles. The Balaban J connectivity index is 0.000000219. The number of rotatable bonds is 3. The number of anilines is 2. The highest BCUT2D eigenvalue weighted by molar-refractivity contribution is 5.78. The number of para-hydroxylation sites is 2. The number of fused-ring (bicyclic) bond motifs is 1. The lowest BCUT2D eigenvalue weighted by atomic mass is 10.2. The van der Waals surface area contributed by atoms with Crippen LogP contribution < -0.4 is 9.80 Å². The second-order valence-corrected chi connectivity index (χ2v) is 5.94. The lowest BCUT2D eigenvalue weighted by molar-refractivity contribution is 0.924. The van der Waals surface area contributed by atoms with Crippen molar-refractivity contribution in [1.29, 1.82) is 0 Å². The Labute approximate surface area is 146 Å². The van der Waals surface area contributed by atoms with Gasteiger partial charge in [0.15, 0.2) is 0 Å². The number of hydrogen-bond acceptors (Lipinski definition) is 2. The molecule has 2 aromatic rings. The van der Waals surface area contributed by atoms with Gasteiger partial charge in [-0.15, -0.1) is 0 Å². The molecule has 1 aliphatic rings. The fourth-order valence-corrected chi connectivity index (χ4v) is 2.63. The molecule has 0 unspecified atom stereocenters. The first-order valence-electron chi connectivity index (χ1n) is 8.13. The molecular formula is C22H26N2. The van der Waals surface area contributed by atoms with Gasteiger partial charge in [-0.2, -0.15) is 0 Å². The van der Waals surface area contributed by atoms with Crippen LogP contribution in [0, 0.1) is 13.8 Å². The van der Waals surface area contributed by atoms with Crippen LogP contribution in [0.5, 0.6) is 0 Å². The molecule has 2 aromatic carbocycles. The molecule has 24 heavy (non-hydrogen) atoms. The van der Waals surface area contributed by atoms with Crippen LogP contribution in [0.4, 0.5) is 11.4 Å². The molecule has 0 aromatic heterocycles. The van der Waals surface area contributed by atoms with E-state index >= 15 is 0 Å². The zero-order valence-electron chi connectivity index (χ0n) is 14.9. The van der Waals surface area contributed by atoms with Gasteiger partial charge < -0.3 is 9.80 Å². The van der Waals surface area contributed by atoms with E-state index in [1.165, 1.54) is 22.5 Å². The molecule has 0 atom stereocenters. The maximum Gasteiger partial charge on any atom is 0.0950 e. The van der Waals surface area contributed by atoms with Gasteiger partial charge in [0.05, 0.1) is 18.0 Å². The smallest absolute Gasteiger partial charge is 0.0950 e. The molecule has 1 aliphatic heterocycles. The summed E-state index contributed by atoms with van der Waals surface area (Å²) in [4.78, 5) is 4.44. The molecule has 0 N–H and O–H groups in total. The Morgan fingerprint density at radius 1 is 0.917 bits per heavy atom. The van der Waals surface area contributed by atoms with Gasteiger partial charge in [0.2, 0.25) is 0 Å². The van der Waals surface area contributed by atoms with Crippen LogP contribution in [-0.4, -0.2) is 13.7 Å². The van der Waals surface area contributed by atoms with E-state index in [0.717, 1.165) is 12.4 Å². The van der Waals surface area contributed by atoms with Crippen molar-refractivity contribution in [2.24, 2.45) is 0 Å². The highest BCUT2D eigenvalue weighted by Gasteiger charge is 2.23. The van der Waals surface area contributed by atoms with Crippen LogP contribution in [0.2, 0.25) is 0 Å². The average molecular weight is 318 g/mol. The van der Waals surface area contributed by atoms with Crippen molar-refractivity contribution in [3.8, 4) is 0 Å². The number of benzene rings is 2. The molecule has 0 spiro atoms. The van der Waals surface area contributed by atoms with Crippen LogP contribution in [-0.2, 0) is 0 Å². The first-order chi connectivity index (χ1) is 11.6. The Morgan fingerprint density at radius 2 is 1.46 bits per heavy atom.